The Kier molecular flexibility index (Phi) is 9.11. The number of halogens is 1. The summed E-state index contributed by atoms with van der Waals surface area (Å²) in [4.78, 5) is 32.5. The van der Waals surface area contributed by atoms with Gasteiger partial charge in [0.1, 0.15) is 5.60 Å². The lowest BCUT2D eigenvalue weighted by Crippen LogP contribution is -2.36. The average Bonchev–Trinajstić information content (AvgIpc) is 2.93. The monoisotopic (exact) mass is 537 g/mol. The number of ether oxygens (including phenoxy) is 1. The van der Waals surface area contributed by atoms with Gasteiger partial charge >= 0.3 is 5.97 Å². The van der Waals surface area contributed by atoms with E-state index in [2.05, 4.69) is 0 Å². The molecule has 4 aromatic rings. The van der Waals surface area contributed by atoms with E-state index in [0.717, 1.165) is 16.7 Å². The Balaban J connectivity index is 1.87. The summed E-state index contributed by atoms with van der Waals surface area (Å²) in [6, 6.07) is 34.9. The molecule has 0 amide bonds. The quantitative estimate of drug-likeness (QED) is 0.124. The standard InChI is InChI=1S/C34H32ClNO3/c1-34(2,3)39-33(38)32(36-31(26-15-9-5-10-16-26)27-17-11-6-12-18-27)29(24-13-7-4-8-14-24)23-30(37)25-19-21-28(35)22-20-25/h4-22,29,32H,23H2,1-3H3/t29-,32+/m1/s1. The molecule has 0 heterocycles. The van der Waals surface area contributed by atoms with Gasteiger partial charge in [-0.15, -0.1) is 0 Å². The highest BCUT2D eigenvalue weighted by Crippen LogP contribution is 2.31. The summed E-state index contributed by atoms with van der Waals surface area (Å²) in [5.74, 6) is -1.15. The molecule has 0 aliphatic rings. The number of Topliss-reactive ketones (excluding diaryl/α,β-unsaturated/α-hetero) is 1. The number of benzene rings is 4. The smallest absolute Gasteiger partial charge is 0.332 e. The van der Waals surface area contributed by atoms with E-state index in [1.54, 1.807) is 24.3 Å². The molecule has 0 aromatic heterocycles. The molecule has 4 rings (SSSR count). The van der Waals surface area contributed by atoms with E-state index in [4.69, 9.17) is 21.3 Å². The zero-order valence-corrected chi connectivity index (χ0v) is 23.1. The second-order valence-electron chi connectivity index (χ2n) is 10.3. The Labute approximate surface area is 235 Å². The van der Waals surface area contributed by atoms with Gasteiger partial charge in [0, 0.05) is 34.1 Å². The minimum absolute atomic E-state index is 0.0654. The molecule has 0 aliphatic carbocycles. The van der Waals surface area contributed by atoms with Crippen LogP contribution in [0.5, 0.6) is 0 Å². The van der Waals surface area contributed by atoms with E-state index < -0.39 is 23.5 Å². The van der Waals surface area contributed by atoms with Gasteiger partial charge in [0.2, 0.25) is 0 Å². The van der Waals surface area contributed by atoms with E-state index >= 15 is 0 Å². The van der Waals surface area contributed by atoms with Gasteiger partial charge in [0.05, 0.1) is 5.71 Å². The highest BCUT2D eigenvalue weighted by atomic mass is 35.5. The van der Waals surface area contributed by atoms with Gasteiger partial charge in [-0.2, -0.15) is 0 Å². The number of rotatable bonds is 9. The summed E-state index contributed by atoms with van der Waals surface area (Å²) < 4.78 is 5.90. The van der Waals surface area contributed by atoms with Crippen LogP contribution < -0.4 is 0 Å². The van der Waals surface area contributed by atoms with Crippen LogP contribution in [-0.4, -0.2) is 29.1 Å². The van der Waals surface area contributed by atoms with Crippen molar-refractivity contribution in [2.24, 2.45) is 4.99 Å². The molecule has 2 atom stereocenters. The van der Waals surface area contributed by atoms with Gasteiger partial charge < -0.3 is 4.74 Å². The minimum atomic E-state index is -0.974. The van der Waals surface area contributed by atoms with Crippen molar-refractivity contribution >= 4 is 29.1 Å². The van der Waals surface area contributed by atoms with Crippen molar-refractivity contribution in [3.8, 4) is 0 Å². The van der Waals surface area contributed by atoms with E-state index in [1.165, 1.54) is 0 Å². The van der Waals surface area contributed by atoms with Crippen LogP contribution in [0.3, 0.4) is 0 Å². The SMILES string of the molecule is CC(C)(C)OC(=O)[C@@H](N=C(c1ccccc1)c1ccccc1)[C@H](CC(=O)c1ccc(Cl)cc1)c1ccccc1. The highest BCUT2D eigenvalue weighted by molar-refractivity contribution is 6.30. The number of ketones is 1. The topological polar surface area (TPSA) is 55.7 Å². The van der Waals surface area contributed by atoms with Crippen molar-refractivity contribution in [1.82, 2.24) is 0 Å². The van der Waals surface area contributed by atoms with Gasteiger partial charge in [-0.3, -0.25) is 9.79 Å². The predicted molar refractivity (Wildman–Crippen MR) is 158 cm³/mol. The number of carbonyl (C=O) groups excluding carboxylic acids is 2. The zero-order chi connectivity index (χ0) is 27.8. The van der Waals surface area contributed by atoms with Gasteiger partial charge in [0.25, 0.3) is 0 Å². The van der Waals surface area contributed by atoms with Crippen molar-refractivity contribution in [3.05, 3.63) is 143 Å². The van der Waals surface area contributed by atoms with Crippen molar-refractivity contribution < 1.29 is 14.3 Å². The van der Waals surface area contributed by atoms with Gasteiger partial charge in [-0.05, 0) is 50.6 Å². The Morgan fingerprint density at radius 3 is 1.69 bits per heavy atom. The van der Waals surface area contributed by atoms with Crippen LogP contribution in [-0.2, 0) is 9.53 Å². The third kappa shape index (κ3) is 7.75. The van der Waals surface area contributed by atoms with E-state index in [-0.39, 0.29) is 12.2 Å². The average molecular weight is 538 g/mol. The molecule has 4 nitrogen and oxygen atoms in total. The van der Waals surface area contributed by atoms with Gasteiger partial charge in [-0.1, -0.05) is 103 Å². The van der Waals surface area contributed by atoms with Gasteiger partial charge in [-0.25, -0.2) is 4.79 Å². The van der Waals surface area contributed by atoms with E-state index in [0.29, 0.717) is 16.3 Å². The third-order valence-electron chi connectivity index (χ3n) is 6.19. The Hall–Kier alpha value is -4.02. The van der Waals surface area contributed by atoms with Crippen LogP contribution in [0.15, 0.2) is 120 Å². The first-order valence-corrected chi connectivity index (χ1v) is 13.3. The lowest BCUT2D eigenvalue weighted by Gasteiger charge is -2.28. The highest BCUT2D eigenvalue weighted by Gasteiger charge is 2.35. The fraction of sp³-hybridized carbons (Fsp3) is 0.206. The van der Waals surface area contributed by atoms with Crippen molar-refractivity contribution in [1.29, 1.82) is 0 Å². The normalized spacial score (nSPS) is 12.7. The van der Waals surface area contributed by atoms with Crippen molar-refractivity contribution in [3.63, 3.8) is 0 Å². The Morgan fingerprint density at radius 1 is 0.718 bits per heavy atom. The van der Waals surface area contributed by atoms with Crippen LogP contribution in [0, 0.1) is 0 Å². The number of aliphatic imine (C=N–C) groups is 1. The second kappa shape index (κ2) is 12.7. The molecule has 0 saturated heterocycles. The summed E-state index contributed by atoms with van der Waals surface area (Å²) >= 11 is 6.05. The van der Waals surface area contributed by atoms with Crippen LogP contribution in [0.25, 0.3) is 0 Å². The molecule has 0 N–H and O–H groups in total. The fourth-order valence-electron chi connectivity index (χ4n) is 4.38. The molecular weight excluding hydrogens is 506 g/mol. The van der Waals surface area contributed by atoms with Crippen LogP contribution in [0.2, 0.25) is 5.02 Å². The number of carbonyl (C=O) groups is 2. The molecule has 4 aromatic carbocycles. The fourth-order valence-corrected chi connectivity index (χ4v) is 4.51. The predicted octanol–water partition coefficient (Wildman–Crippen LogP) is 7.94. The molecule has 0 aliphatic heterocycles. The number of hydrogen-bond acceptors (Lipinski definition) is 4. The number of hydrogen-bond donors (Lipinski definition) is 0. The number of esters is 1. The maximum Gasteiger partial charge on any atom is 0.332 e. The van der Waals surface area contributed by atoms with E-state index in [1.807, 2.05) is 112 Å². The van der Waals surface area contributed by atoms with Crippen LogP contribution in [0.1, 0.15) is 60.2 Å². The maximum absolute atomic E-state index is 13.9. The van der Waals surface area contributed by atoms with Crippen molar-refractivity contribution in [2.45, 2.75) is 44.8 Å². The zero-order valence-electron chi connectivity index (χ0n) is 22.4. The Bertz CT molecular complexity index is 1370. The number of nitrogens with zero attached hydrogens (tertiary/aromatic N) is 1. The first kappa shape index (κ1) is 28.0. The maximum atomic E-state index is 13.9. The molecule has 0 saturated carbocycles. The molecule has 198 valence electrons. The summed E-state index contributed by atoms with van der Waals surface area (Å²) in [6.45, 7) is 5.49. The molecule has 0 unspecified atom stereocenters. The second-order valence-corrected chi connectivity index (χ2v) is 10.8. The molecule has 5 heteroatoms. The first-order chi connectivity index (χ1) is 18.7. The molecule has 0 radical (unpaired) electrons. The molecular formula is C34H32ClNO3. The summed E-state index contributed by atoms with van der Waals surface area (Å²) in [5, 5.41) is 0.553. The minimum Gasteiger partial charge on any atom is -0.458 e. The van der Waals surface area contributed by atoms with Crippen LogP contribution in [0.4, 0.5) is 0 Å². The van der Waals surface area contributed by atoms with E-state index in [9.17, 15) is 9.59 Å². The Morgan fingerprint density at radius 2 is 1.21 bits per heavy atom. The first-order valence-electron chi connectivity index (χ1n) is 13.0. The summed E-state index contributed by atoms with van der Waals surface area (Å²) in [7, 11) is 0. The third-order valence-corrected chi connectivity index (χ3v) is 6.44. The van der Waals surface area contributed by atoms with Crippen molar-refractivity contribution in [2.75, 3.05) is 0 Å². The molecule has 0 spiro atoms. The largest absolute Gasteiger partial charge is 0.458 e. The summed E-state index contributed by atoms with van der Waals surface area (Å²) in [6.07, 6.45) is 0.0654. The summed E-state index contributed by atoms with van der Waals surface area (Å²) in [5.41, 5.74) is 3.03. The lowest BCUT2D eigenvalue weighted by atomic mass is 9.85. The van der Waals surface area contributed by atoms with Gasteiger partial charge in [0.15, 0.2) is 11.8 Å². The molecule has 0 fully saturated rings. The molecule has 39 heavy (non-hydrogen) atoms. The lowest BCUT2D eigenvalue weighted by molar-refractivity contribution is -0.156. The van der Waals surface area contributed by atoms with Crippen LogP contribution >= 0.6 is 11.6 Å². The molecule has 0 bridgehead atoms.